The van der Waals surface area contributed by atoms with Crippen LogP contribution in [0.1, 0.15) is 18.4 Å². The van der Waals surface area contributed by atoms with Gasteiger partial charge in [-0.15, -0.1) is 0 Å². The Morgan fingerprint density at radius 3 is 2.82 bits per heavy atom. The van der Waals surface area contributed by atoms with Crippen LogP contribution >= 0.6 is 15.9 Å². The zero-order valence-electron chi connectivity index (χ0n) is 10.00. The second-order valence-electron chi connectivity index (χ2n) is 4.77. The lowest BCUT2D eigenvalue weighted by Crippen LogP contribution is -2.39. The lowest BCUT2D eigenvalue weighted by atomic mass is 10.1. The van der Waals surface area contributed by atoms with Gasteiger partial charge in [-0.2, -0.15) is 0 Å². The van der Waals surface area contributed by atoms with Crippen molar-refractivity contribution in [2.45, 2.75) is 25.4 Å². The van der Waals surface area contributed by atoms with Gasteiger partial charge in [0.15, 0.2) is 0 Å². The van der Waals surface area contributed by atoms with Crippen molar-refractivity contribution in [1.82, 2.24) is 4.90 Å². The zero-order valence-corrected chi connectivity index (χ0v) is 11.6. The molecule has 1 aromatic rings. The summed E-state index contributed by atoms with van der Waals surface area (Å²) in [4.78, 5) is 2.23. The van der Waals surface area contributed by atoms with Gasteiger partial charge in [0.05, 0.1) is 4.47 Å². The fourth-order valence-electron chi connectivity index (χ4n) is 2.27. The van der Waals surface area contributed by atoms with Crippen molar-refractivity contribution < 1.29 is 4.39 Å². The molecule has 0 saturated heterocycles. The van der Waals surface area contributed by atoms with Crippen molar-refractivity contribution in [2.75, 3.05) is 13.6 Å². The molecule has 4 heteroatoms. The van der Waals surface area contributed by atoms with E-state index in [1.54, 1.807) is 6.07 Å². The second-order valence-corrected chi connectivity index (χ2v) is 5.56. The first kappa shape index (κ1) is 13.0. The lowest BCUT2D eigenvalue weighted by Gasteiger charge is -2.27. The largest absolute Gasteiger partial charge is 0.329 e. The highest BCUT2D eigenvalue weighted by molar-refractivity contribution is 9.10. The number of halogens is 2. The molecule has 1 aliphatic carbocycles. The Balaban J connectivity index is 2.06. The molecule has 2 rings (SSSR count). The van der Waals surface area contributed by atoms with Gasteiger partial charge < -0.3 is 5.73 Å². The average molecular weight is 301 g/mol. The maximum Gasteiger partial charge on any atom is 0.137 e. The van der Waals surface area contributed by atoms with Gasteiger partial charge in [-0.3, -0.25) is 4.90 Å². The molecule has 0 radical (unpaired) electrons. The molecule has 94 valence electrons. The fourth-order valence-corrected chi connectivity index (χ4v) is 2.66. The highest BCUT2D eigenvalue weighted by Gasteiger charge is 2.32. The van der Waals surface area contributed by atoms with Crippen LogP contribution in [0.2, 0.25) is 0 Å². The Kier molecular flexibility index (Phi) is 4.17. The van der Waals surface area contributed by atoms with Crippen molar-refractivity contribution in [3.63, 3.8) is 0 Å². The molecule has 0 heterocycles. The van der Waals surface area contributed by atoms with Crippen LogP contribution in [0.3, 0.4) is 0 Å². The first-order valence-electron chi connectivity index (χ1n) is 5.96. The Bertz CT molecular complexity index is 393. The molecule has 0 spiro atoms. The number of nitrogens with zero attached hydrogens (tertiary/aromatic N) is 1. The Labute approximate surface area is 110 Å². The minimum absolute atomic E-state index is 0.202. The van der Waals surface area contributed by atoms with Crippen molar-refractivity contribution in [2.24, 2.45) is 11.7 Å². The highest BCUT2D eigenvalue weighted by Crippen LogP contribution is 2.35. The van der Waals surface area contributed by atoms with Gasteiger partial charge in [-0.1, -0.05) is 12.1 Å². The summed E-state index contributed by atoms with van der Waals surface area (Å²) in [5.74, 6) is 0.531. The summed E-state index contributed by atoms with van der Waals surface area (Å²) >= 11 is 3.30. The normalized spacial score (nSPS) is 17.5. The third-order valence-electron chi connectivity index (χ3n) is 3.43. The molecule has 2 N–H and O–H groups in total. The third-order valence-corrected chi connectivity index (χ3v) is 4.31. The number of benzene rings is 1. The number of hydrogen-bond donors (Lipinski definition) is 1. The Morgan fingerprint density at radius 1 is 1.53 bits per heavy atom. The van der Waals surface area contributed by atoms with Gasteiger partial charge in [-0.05, 0) is 53.4 Å². The summed E-state index contributed by atoms with van der Waals surface area (Å²) in [6.07, 6.45) is 2.55. The zero-order chi connectivity index (χ0) is 12.4. The van der Waals surface area contributed by atoms with E-state index in [0.29, 0.717) is 17.1 Å². The van der Waals surface area contributed by atoms with Crippen LogP contribution in [-0.2, 0) is 6.54 Å². The van der Waals surface area contributed by atoms with Crippen LogP contribution in [0.4, 0.5) is 4.39 Å². The Hall–Kier alpha value is -0.450. The summed E-state index contributed by atoms with van der Waals surface area (Å²) in [5, 5.41) is 0. The quantitative estimate of drug-likeness (QED) is 0.906. The number of nitrogens with two attached hydrogens (primary N) is 1. The molecule has 1 fully saturated rings. The molecule has 0 amide bonds. The molecule has 1 saturated carbocycles. The topological polar surface area (TPSA) is 29.3 Å². The van der Waals surface area contributed by atoms with Gasteiger partial charge in [0.1, 0.15) is 5.82 Å². The molecule has 1 atom stereocenters. The van der Waals surface area contributed by atoms with E-state index in [1.165, 1.54) is 18.9 Å². The van der Waals surface area contributed by atoms with Crippen LogP contribution in [-0.4, -0.2) is 24.5 Å². The Morgan fingerprint density at radius 2 is 2.24 bits per heavy atom. The summed E-state index contributed by atoms with van der Waals surface area (Å²) in [6, 6.07) is 5.59. The first-order valence-corrected chi connectivity index (χ1v) is 6.76. The predicted molar refractivity (Wildman–Crippen MR) is 71.1 cm³/mol. The molecule has 1 aliphatic rings. The predicted octanol–water partition coefficient (Wildman–Crippen LogP) is 2.76. The molecule has 17 heavy (non-hydrogen) atoms. The first-order chi connectivity index (χ1) is 8.13. The molecule has 0 aromatic heterocycles. The molecular formula is C13H18BrFN2. The van der Waals surface area contributed by atoms with Crippen LogP contribution in [0.25, 0.3) is 0 Å². The molecule has 0 bridgehead atoms. The standard InChI is InChI=1S/C13H18BrFN2/c1-17(12(7-16)9-5-6-9)8-10-3-2-4-11(15)13(10)14/h2-4,9,12H,5-8,16H2,1H3. The average Bonchev–Trinajstić information content (AvgIpc) is 3.10. The number of likely N-dealkylation sites (N-methyl/N-ethyl adjacent to an activating group) is 1. The fraction of sp³-hybridized carbons (Fsp3) is 0.538. The van der Waals surface area contributed by atoms with E-state index in [2.05, 4.69) is 27.9 Å². The summed E-state index contributed by atoms with van der Waals surface area (Å²) in [5.41, 5.74) is 6.79. The molecule has 1 unspecified atom stereocenters. The highest BCUT2D eigenvalue weighted by atomic mass is 79.9. The summed E-state index contributed by atoms with van der Waals surface area (Å²) < 4.78 is 14.0. The van der Waals surface area contributed by atoms with E-state index in [0.717, 1.165) is 18.0 Å². The number of hydrogen-bond acceptors (Lipinski definition) is 2. The molecule has 2 nitrogen and oxygen atoms in total. The van der Waals surface area contributed by atoms with Crippen molar-refractivity contribution >= 4 is 15.9 Å². The lowest BCUT2D eigenvalue weighted by molar-refractivity contribution is 0.215. The van der Waals surface area contributed by atoms with Crippen LogP contribution in [0.5, 0.6) is 0 Å². The van der Waals surface area contributed by atoms with E-state index in [1.807, 2.05) is 6.07 Å². The smallest absolute Gasteiger partial charge is 0.137 e. The van der Waals surface area contributed by atoms with Crippen molar-refractivity contribution in [3.8, 4) is 0 Å². The van der Waals surface area contributed by atoms with Crippen molar-refractivity contribution in [1.29, 1.82) is 0 Å². The second kappa shape index (κ2) is 5.46. The van der Waals surface area contributed by atoms with Gasteiger partial charge in [0.2, 0.25) is 0 Å². The summed E-state index contributed by atoms with van der Waals surface area (Å²) in [7, 11) is 2.06. The van der Waals surface area contributed by atoms with E-state index < -0.39 is 0 Å². The van der Waals surface area contributed by atoms with Crippen molar-refractivity contribution in [3.05, 3.63) is 34.1 Å². The minimum atomic E-state index is -0.202. The van der Waals surface area contributed by atoms with E-state index >= 15 is 0 Å². The number of rotatable bonds is 5. The minimum Gasteiger partial charge on any atom is -0.329 e. The third kappa shape index (κ3) is 3.06. The van der Waals surface area contributed by atoms with Gasteiger partial charge in [-0.25, -0.2) is 4.39 Å². The maximum absolute atomic E-state index is 13.4. The van der Waals surface area contributed by atoms with Crippen LogP contribution in [0.15, 0.2) is 22.7 Å². The van der Waals surface area contributed by atoms with Gasteiger partial charge in [0, 0.05) is 19.1 Å². The molecule has 1 aromatic carbocycles. The molecule has 0 aliphatic heterocycles. The SMILES string of the molecule is CN(Cc1cccc(F)c1Br)C(CN)C1CC1. The van der Waals surface area contributed by atoms with E-state index in [9.17, 15) is 4.39 Å². The monoisotopic (exact) mass is 300 g/mol. The molecular weight excluding hydrogens is 283 g/mol. The summed E-state index contributed by atoms with van der Waals surface area (Å²) in [6.45, 7) is 1.41. The van der Waals surface area contributed by atoms with E-state index in [-0.39, 0.29) is 5.82 Å². The van der Waals surface area contributed by atoms with Gasteiger partial charge in [0.25, 0.3) is 0 Å². The van der Waals surface area contributed by atoms with Gasteiger partial charge >= 0.3 is 0 Å². The van der Waals surface area contributed by atoms with Crippen LogP contribution in [0, 0.1) is 11.7 Å². The maximum atomic E-state index is 13.4. The van der Waals surface area contributed by atoms with E-state index in [4.69, 9.17) is 5.73 Å². The van der Waals surface area contributed by atoms with Crippen LogP contribution < -0.4 is 5.73 Å².